The van der Waals surface area contributed by atoms with Crippen LogP contribution in [0.4, 0.5) is 5.69 Å². The van der Waals surface area contributed by atoms with Gasteiger partial charge in [0.25, 0.3) is 0 Å². The van der Waals surface area contributed by atoms with Gasteiger partial charge < -0.3 is 20.9 Å². The van der Waals surface area contributed by atoms with Gasteiger partial charge in [-0.1, -0.05) is 6.07 Å². The first-order chi connectivity index (χ1) is 8.78. The fourth-order valence-corrected chi connectivity index (χ4v) is 1.40. The first kappa shape index (κ1) is 15.5. The molecule has 0 aliphatic carbocycles. The Kier molecular flexibility index (Phi) is 5.32. The van der Waals surface area contributed by atoms with Crippen LogP contribution in [-0.4, -0.2) is 35.9 Å². The van der Waals surface area contributed by atoms with E-state index >= 15 is 0 Å². The lowest BCUT2D eigenvalue weighted by Crippen LogP contribution is -2.42. The van der Waals surface area contributed by atoms with Crippen LogP contribution in [0, 0.1) is 0 Å². The number of nitrogen functional groups attached to an aromatic ring is 1. The molecule has 0 saturated carbocycles. The van der Waals surface area contributed by atoms with Gasteiger partial charge in [-0.05, 0) is 39.0 Å². The summed E-state index contributed by atoms with van der Waals surface area (Å²) in [4.78, 5) is 11.7. The van der Waals surface area contributed by atoms with E-state index in [9.17, 15) is 9.90 Å². The molecule has 0 heterocycles. The minimum atomic E-state index is -0.732. The summed E-state index contributed by atoms with van der Waals surface area (Å²) in [6, 6.07) is 6.54. The number of benzene rings is 1. The molecule has 0 bridgehead atoms. The first-order valence-corrected chi connectivity index (χ1v) is 6.24. The molecule has 19 heavy (non-hydrogen) atoms. The molecule has 5 heteroatoms. The second-order valence-electron chi connectivity index (χ2n) is 5.51. The highest BCUT2D eigenvalue weighted by Crippen LogP contribution is 2.08. The van der Waals surface area contributed by atoms with Gasteiger partial charge in [-0.15, -0.1) is 0 Å². The highest BCUT2D eigenvalue weighted by atomic mass is 16.5. The van der Waals surface area contributed by atoms with Crippen LogP contribution in [0.1, 0.15) is 31.1 Å². The lowest BCUT2D eigenvalue weighted by molar-refractivity contribution is 0.0247. The quantitative estimate of drug-likeness (QED) is 0.550. The standard InChI is InChI=1S/C14H22N2O3/c1-14(2,3)16-8-12(17)9-19-13(18)10-5-4-6-11(15)7-10/h4-7,12,16-17H,8-9,15H2,1-3H3/t12-/m1/s1. The van der Waals surface area contributed by atoms with Crippen LogP contribution >= 0.6 is 0 Å². The van der Waals surface area contributed by atoms with E-state index in [4.69, 9.17) is 10.5 Å². The van der Waals surface area contributed by atoms with Gasteiger partial charge in [-0.2, -0.15) is 0 Å². The van der Waals surface area contributed by atoms with Gasteiger partial charge in [0.05, 0.1) is 5.56 Å². The molecule has 0 unspecified atom stereocenters. The van der Waals surface area contributed by atoms with E-state index in [1.165, 1.54) is 0 Å². The molecule has 1 rings (SSSR count). The zero-order valence-corrected chi connectivity index (χ0v) is 11.6. The maximum absolute atomic E-state index is 11.7. The fraction of sp³-hybridized carbons (Fsp3) is 0.500. The second kappa shape index (κ2) is 6.54. The number of nitrogens with two attached hydrogens (primary N) is 1. The van der Waals surface area contributed by atoms with Crippen LogP contribution in [0.3, 0.4) is 0 Å². The Balaban J connectivity index is 2.38. The molecule has 1 atom stereocenters. The van der Waals surface area contributed by atoms with Crippen LogP contribution in [0.15, 0.2) is 24.3 Å². The van der Waals surface area contributed by atoms with Gasteiger partial charge in [0.1, 0.15) is 12.7 Å². The number of hydrogen-bond acceptors (Lipinski definition) is 5. The van der Waals surface area contributed by atoms with Crippen LogP contribution in [0.2, 0.25) is 0 Å². The third-order valence-electron chi connectivity index (χ3n) is 2.40. The third-order valence-corrected chi connectivity index (χ3v) is 2.40. The third kappa shape index (κ3) is 6.22. The van der Waals surface area contributed by atoms with E-state index in [1.54, 1.807) is 24.3 Å². The Morgan fingerprint density at radius 3 is 2.74 bits per heavy atom. The van der Waals surface area contributed by atoms with Crippen molar-refractivity contribution in [2.45, 2.75) is 32.4 Å². The van der Waals surface area contributed by atoms with Crippen LogP contribution in [0.25, 0.3) is 0 Å². The lowest BCUT2D eigenvalue weighted by Gasteiger charge is -2.22. The van der Waals surface area contributed by atoms with Gasteiger partial charge in [0.2, 0.25) is 0 Å². The number of esters is 1. The molecule has 5 nitrogen and oxygen atoms in total. The van der Waals surface area contributed by atoms with Crippen LogP contribution in [-0.2, 0) is 4.74 Å². The maximum atomic E-state index is 11.7. The SMILES string of the molecule is CC(C)(C)NC[C@@H](O)COC(=O)c1cccc(N)c1. The Hall–Kier alpha value is -1.59. The number of ether oxygens (including phenoxy) is 1. The topological polar surface area (TPSA) is 84.6 Å². The van der Waals surface area contributed by atoms with Crippen molar-refractivity contribution in [2.24, 2.45) is 0 Å². The minimum Gasteiger partial charge on any atom is -0.459 e. The molecular formula is C14H22N2O3. The molecule has 0 aliphatic heterocycles. The fourth-order valence-electron chi connectivity index (χ4n) is 1.40. The molecule has 0 saturated heterocycles. The average molecular weight is 266 g/mol. The van der Waals surface area contributed by atoms with Crippen molar-refractivity contribution in [1.29, 1.82) is 0 Å². The van der Waals surface area contributed by atoms with Crippen molar-refractivity contribution >= 4 is 11.7 Å². The largest absolute Gasteiger partial charge is 0.459 e. The average Bonchev–Trinajstić information content (AvgIpc) is 2.32. The highest BCUT2D eigenvalue weighted by molar-refractivity contribution is 5.90. The molecule has 0 fully saturated rings. The van der Waals surface area contributed by atoms with Crippen molar-refractivity contribution in [3.05, 3.63) is 29.8 Å². The number of anilines is 1. The van der Waals surface area contributed by atoms with Gasteiger partial charge in [0.15, 0.2) is 0 Å². The zero-order valence-electron chi connectivity index (χ0n) is 11.6. The highest BCUT2D eigenvalue weighted by Gasteiger charge is 2.14. The number of carbonyl (C=O) groups excluding carboxylic acids is 1. The number of aliphatic hydroxyl groups excluding tert-OH is 1. The number of nitrogens with one attached hydrogen (secondary N) is 1. The lowest BCUT2D eigenvalue weighted by atomic mass is 10.1. The van der Waals surface area contributed by atoms with Gasteiger partial charge in [-0.3, -0.25) is 0 Å². The molecular weight excluding hydrogens is 244 g/mol. The maximum Gasteiger partial charge on any atom is 0.338 e. The van der Waals surface area contributed by atoms with E-state index in [0.717, 1.165) is 0 Å². The smallest absolute Gasteiger partial charge is 0.338 e. The van der Waals surface area contributed by atoms with Crippen molar-refractivity contribution < 1.29 is 14.6 Å². The molecule has 106 valence electrons. The number of rotatable bonds is 5. The Labute approximate surface area is 113 Å². The van der Waals surface area contributed by atoms with Crippen molar-refractivity contribution in [3.8, 4) is 0 Å². The number of β-amino-alcohol motifs (C(OH)–C–C–N with tert-alkyl or cyclic N) is 1. The van der Waals surface area contributed by atoms with E-state index in [-0.39, 0.29) is 12.1 Å². The molecule has 4 N–H and O–H groups in total. The molecule has 1 aromatic rings. The number of aliphatic hydroxyl groups is 1. The van der Waals surface area contributed by atoms with Crippen molar-refractivity contribution in [3.63, 3.8) is 0 Å². The predicted molar refractivity (Wildman–Crippen MR) is 74.9 cm³/mol. The summed E-state index contributed by atoms with van der Waals surface area (Å²) < 4.78 is 5.03. The van der Waals surface area contributed by atoms with Crippen LogP contribution in [0.5, 0.6) is 0 Å². The Morgan fingerprint density at radius 2 is 2.16 bits per heavy atom. The van der Waals surface area contributed by atoms with Gasteiger partial charge in [-0.25, -0.2) is 4.79 Å². The molecule has 0 amide bonds. The summed E-state index contributed by atoms with van der Waals surface area (Å²) in [6.45, 7) is 6.32. The summed E-state index contributed by atoms with van der Waals surface area (Å²) >= 11 is 0. The molecule has 0 radical (unpaired) electrons. The van der Waals surface area contributed by atoms with Crippen LogP contribution < -0.4 is 11.1 Å². The van der Waals surface area contributed by atoms with E-state index in [1.807, 2.05) is 20.8 Å². The molecule has 0 spiro atoms. The number of hydrogen-bond donors (Lipinski definition) is 3. The molecule has 0 aliphatic rings. The monoisotopic (exact) mass is 266 g/mol. The van der Waals surface area contributed by atoms with E-state index < -0.39 is 12.1 Å². The van der Waals surface area contributed by atoms with Gasteiger partial charge in [0, 0.05) is 17.8 Å². The first-order valence-electron chi connectivity index (χ1n) is 6.24. The van der Waals surface area contributed by atoms with Gasteiger partial charge >= 0.3 is 5.97 Å². The van der Waals surface area contributed by atoms with Crippen molar-refractivity contribution in [1.82, 2.24) is 5.32 Å². The summed E-state index contributed by atoms with van der Waals surface area (Å²) in [6.07, 6.45) is -0.732. The molecule has 1 aromatic carbocycles. The predicted octanol–water partition coefficient (Wildman–Crippen LogP) is 1.17. The Morgan fingerprint density at radius 1 is 1.47 bits per heavy atom. The second-order valence-corrected chi connectivity index (χ2v) is 5.51. The summed E-state index contributed by atoms with van der Waals surface area (Å²) in [5, 5.41) is 12.8. The Bertz CT molecular complexity index is 427. The number of carbonyl (C=O) groups is 1. The molecule has 0 aromatic heterocycles. The van der Waals surface area contributed by atoms with Crippen molar-refractivity contribution in [2.75, 3.05) is 18.9 Å². The summed E-state index contributed by atoms with van der Waals surface area (Å²) in [7, 11) is 0. The summed E-state index contributed by atoms with van der Waals surface area (Å²) in [5.74, 6) is -0.484. The van der Waals surface area contributed by atoms with E-state index in [2.05, 4.69) is 5.32 Å². The normalized spacial score (nSPS) is 13.1. The minimum absolute atomic E-state index is 0.0449. The van der Waals surface area contributed by atoms with E-state index in [0.29, 0.717) is 17.8 Å². The zero-order chi connectivity index (χ0) is 14.5. The summed E-state index contributed by atoms with van der Waals surface area (Å²) in [5.41, 5.74) is 6.39.